The van der Waals surface area contributed by atoms with Gasteiger partial charge in [-0.2, -0.15) is 0 Å². The first kappa shape index (κ1) is 13.1. The molecule has 16 heavy (non-hydrogen) atoms. The number of carbonyl (C=O) groups is 1. The Kier molecular flexibility index (Phi) is 4.44. The lowest BCUT2D eigenvalue weighted by atomic mass is 9.93. The summed E-state index contributed by atoms with van der Waals surface area (Å²) in [7, 11) is 0. The Morgan fingerprint density at radius 3 is 2.81 bits per heavy atom. The van der Waals surface area contributed by atoms with Gasteiger partial charge in [-0.1, -0.05) is 6.92 Å². The molecule has 0 bridgehead atoms. The Morgan fingerprint density at radius 2 is 2.31 bits per heavy atom. The van der Waals surface area contributed by atoms with Crippen LogP contribution in [0.3, 0.4) is 0 Å². The van der Waals surface area contributed by atoms with E-state index in [2.05, 4.69) is 17.2 Å². The van der Waals surface area contributed by atoms with E-state index in [0.717, 1.165) is 17.1 Å². The molecule has 0 aromatic carbocycles. The monoisotopic (exact) mass is 241 g/mol. The van der Waals surface area contributed by atoms with Gasteiger partial charge in [-0.05, 0) is 20.3 Å². The van der Waals surface area contributed by atoms with Crippen LogP contribution in [-0.2, 0) is 17.8 Å². The van der Waals surface area contributed by atoms with Gasteiger partial charge in [-0.15, -0.1) is 11.3 Å². The van der Waals surface area contributed by atoms with Crippen molar-refractivity contribution in [2.45, 2.75) is 33.7 Å². The first-order valence-corrected chi connectivity index (χ1v) is 6.29. The number of aryl methyl sites for hydroxylation is 1. The normalized spacial score (nSPS) is 11.5. The second-order valence-electron chi connectivity index (χ2n) is 4.36. The third kappa shape index (κ3) is 3.28. The lowest BCUT2D eigenvalue weighted by molar-refractivity contribution is -0.129. The zero-order chi connectivity index (χ0) is 12.2. The number of nitrogens with two attached hydrogens (primary N) is 1. The second-order valence-corrected chi connectivity index (χ2v) is 5.30. The first-order valence-electron chi connectivity index (χ1n) is 5.41. The number of rotatable bonds is 5. The molecule has 90 valence electrons. The molecule has 1 rings (SSSR count). The zero-order valence-electron chi connectivity index (χ0n) is 10.0. The summed E-state index contributed by atoms with van der Waals surface area (Å²) in [5.74, 6) is -0.0268. The average molecular weight is 241 g/mol. The molecule has 0 spiro atoms. The number of hydrogen-bond acceptors (Lipinski definition) is 4. The maximum absolute atomic E-state index is 11.7. The van der Waals surface area contributed by atoms with Gasteiger partial charge < -0.3 is 11.1 Å². The van der Waals surface area contributed by atoms with E-state index in [1.807, 2.05) is 19.2 Å². The van der Waals surface area contributed by atoms with Crippen LogP contribution in [0.25, 0.3) is 0 Å². The summed E-state index contributed by atoms with van der Waals surface area (Å²) in [6.45, 7) is 6.56. The minimum absolute atomic E-state index is 0.0268. The number of thiazole rings is 1. The van der Waals surface area contributed by atoms with E-state index in [-0.39, 0.29) is 5.91 Å². The topological polar surface area (TPSA) is 68.0 Å². The Bertz CT molecular complexity index is 360. The fraction of sp³-hybridized carbons (Fsp3) is 0.636. The van der Waals surface area contributed by atoms with Gasteiger partial charge in [0.25, 0.3) is 0 Å². The molecule has 0 saturated carbocycles. The predicted octanol–water partition coefficient (Wildman–Crippen LogP) is 1.31. The van der Waals surface area contributed by atoms with Crippen molar-refractivity contribution in [2.24, 2.45) is 11.1 Å². The van der Waals surface area contributed by atoms with Gasteiger partial charge in [0.1, 0.15) is 0 Å². The maximum atomic E-state index is 11.7. The number of hydrogen-bond donors (Lipinski definition) is 2. The van der Waals surface area contributed by atoms with Crippen molar-refractivity contribution in [3.63, 3.8) is 0 Å². The van der Waals surface area contributed by atoms with Gasteiger partial charge in [-0.25, -0.2) is 4.98 Å². The third-order valence-electron chi connectivity index (χ3n) is 2.46. The second kappa shape index (κ2) is 5.41. The SMILES string of the molecule is CCc1nc(CNC(=O)C(C)(C)CN)cs1. The van der Waals surface area contributed by atoms with Crippen molar-refractivity contribution in [2.75, 3.05) is 6.54 Å². The van der Waals surface area contributed by atoms with Crippen molar-refractivity contribution < 1.29 is 4.79 Å². The quantitative estimate of drug-likeness (QED) is 0.816. The molecule has 1 amide bonds. The molecule has 0 atom stereocenters. The predicted molar refractivity (Wildman–Crippen MR) is 66.2 cm³/mol. The Labute approximate surface area is 100 Å². The van der Waals surface area contributed by atoms with Crippen molar-refractivity contribution in [3.8, 4) is 0 Å². The smallest absolute Gasteiger partial charge is 0.227 e. The summed E-state index contributed by atoms with van der Waals surface area (Å²) in [4.78, 5) is 16.1. The first-order chi connectivity index (χ1) is 7.49. The Balaban J connectivity index is 2.49. The Hall–Kier alpha value is -0.940. The standard InChI is InChI=1S/C11H19N3OS/c1-4-9-14-8(6-16-9)5-13-10(15)11(2,3)7-12/h6H,4-5,7,12H2,1-3H3,(H,13,15). The van der Waals surface area contributed by atoms with Gasteiger partial charge in [-0.3, -0.25) is 4.79 Å². The van der Waals surface area contributed by atoms with E-state index in [9.17, 15) is 4.79 Å². The fourth-order valence-electron chi connectivity index (χ4n) is 1.10. The highest BCUT2D eigenvalue weighted by Gasteiger charge is 2.25. The number of nitrogens with one attached hydrogen (secondary N) is 1. The zero-order valence-corrected chi connectivity index (χ0v) is 10.9. The molecule has 1 aromatic rings. The van der Waals surface area contributed by atoms with Crippen LogP contribution in [0.15, 0.2) is 5.38 Å². The summed E-state index contributed by atoms with van der Waals surface area (Å²) in [6, 6.07) is 0. The highest BCUT2D eigenvalue weighted by atomic mass is 32.1. The van der Waals surface area contributed by atoms with E-state index in [0.29, 0.717) is 13.1 Å². The molecule has 1 aromatic heterocycles. The highest BCUT2D eigenvalue weighted by molar-refractivity contribution is 7.09. The Morgan fingerprint density at radius 1 is 1.62 bits per heavy atom. The maximum Gasteiger partial charge on any atom is 0.227 e. The minimum atomic E-state index is -0.510. The van der Waals surface area contributed by atoms with Crippen molar-refractivity contribution >= 4 is 17.2 Å². The lowest BCUT2D eigenvalue weighted by Gasteiger charge is -2.20. The molecule has 0 radical (unpaired) electrons. The number of amides is 1. The van der Waals surface area contributed by atoms with Crippen LogP contribution in [0.4, 0.5) is 0 Å². The molecule has 0 aliphatic heterocycles. The van der Waals surface area contributed by atoms with Crippen LogP contribution >= 0.6 is 11.3 Å². The van der Waals surface area contributed by atoms with E-state index >= 15 is 0 Å². The van der Waals surface area contributed by atoms with Gasteiger partial charge >= 0.3 is 0 Å². The third-order valence-corrected chi connectivity index (χ3v) is 3.50. The van der Waals surface area contributed by atoms with E-state index in [1.54, 1.807) is 11.3 Å². The number of aromatic nitrogens is 1. The van der Waals surface area contributed by atoms with Gasteiger partial charge in [0.05, 0.1) is 22.7 Å². The van der Waals surface area contributed by atoms with E-state index < -0.39 is 5.41 Å². The van der Waals surface area contributed by atoms with E-state index in [4.69, 9.17) is 5.73 Å². The van der Waals surface area contributed by atoms with Gasteiger partial charge in [0, 0.05) is 11.9 Å². The summed E-state index contributed by atoms with van der Waals surface area (Å²) in [5.41, 5.74) is 5.94. The molecule has 0 fully saturated rings. The summed E-state index contributed by atoms with van der Waals surface area (Å²) < 4.78 is 0. The van der Waals surface area contributed by atoms with Gasteiger partial charge in [0.15, 0.2) is 0 Å². The van der Waals surface area contributed by atoms with Crippen LogP contribution in [0.5, 0.6) is 0 Å². The van der Waals surface area contributed by atoms with Gasteiger partial charge in [0.2, 0.25) is 5.91 Å². The largest absolute Gasteiger partial charge is 0.350 e. The van der Waals surface area contributed by atoms with Crippen LogP contribution in [0.1, 0.15) is 31.5 Å². The van der Waals surface area contributed by atoms with Crippen LogP contribution in [0, 0.1) is 5.41 Å². The summed E-state index contributed by atoms with van der Waals surface area (Å²) in [5, 5.41) is 5.93. The minimum Gasteiger partial charge on any atom is -0.350 e. The van der Waals surface area contributed by atoms with Crippen molar-refractivity contribution in [1.82, 2.24) is 10.3 Å². The highest BCUT2D eigenvalue weighted by Crippen LogP contribution is 2.14. The molecule has 0 unspecified atom stereocenters. The molecule has 1 heterocycles. The molecule has 4 nitrogen and oxygen atoms in total. The average Bonchev–Trinajstić information content (AvgIpc) is 2.73. The van der Waals surface area contributed by atoms with Crippen molar-refractivity contribution in [3.05, 3.63) is 16.1 Å². The van der Waals surface area contributed by atoms with Crippen LogP contribution in [0.2, 0.25) is 0 Å². The fourth-order valence-corrected chi connectivity index (χ4v) is 1.84. The molecule has 5 heteroatoms. The summed E-state index contributed by atoms with van der Waals surface area (Å²) >= 11 is 1.63. The summed E-state index contributed by atoms with van der Waals surface area (Å²) in [6.07, 6.45) is 0.937. The molecular weight excluding hydrogens is 222 g/mol. The molecule has 0 aliphatic carbocycles. The molecule has 0 aliphatic rings. The molecule has 3 N–H and O–H groups in total. The number of nitrogens with zero attached hydrogens (tertiary/aromatic N) is 1. The lowest BCUT2D eigenvalue weighted by Crippen LogP contribution is -2.41. The van der Waals surface area contributed by atoms with E-state index in [1.165, 1.54) is 0 Å². The molecular formula is C11H19N3OS. The molecule has 0 saturated heterocycles. The number of carbonyl (C=O) groups excluding carboxylic acids is 1. The van der Waals surface area contributed by atoms with Crippen LogP contribution in [-0.4, -0.2) is 17.4 Å². The van der Waals surface area contributed by atoms with Crippen molar-refractivity contribution in [1.29, 1.82) is 0 Å². The van der Waals surface area contributed by atoms with Crippen LogP contribution < -0.4 is 11.1 Å².